The van der Waals surface area contributed by atoms with Gasteiger partial charge < -0.3 is 0 Å². The van der Waals surface area contributed by atoms with Gasteiger partial charge in [0.25, 0.3) is 0 Å². The molecule has 0 rings (SSSR count). The van der Waals surface area contributed by atoms with Crippen molar-refractivity contribution < 1.29 is 0 Å². The third-order valence-corrected chi connectivity index (χ3v) is 3.98. The van der Waals surface area contributed by atoms with Gasteiger partial charge in [-0.3, -0.25) is 0 Å². The highest BCUT2D eigenvalue weighted by Gasteiger charge is 2.05. The molecule has 17 heavy (non-hydrogen) atoms. The van der Waals surface area contributed by atoms with E-state index >= 15 is 0 Å². The fourth-order valence-corrected chi connectivity index (χ4v) is 2.62. The fraction of sp³-hybridized carbons (Fsp3) is 1.00. The molecule has 0 aromatic carbocycles. The molecule has 0 nitrogen and oxygen atoms in total. The molecule has 0 aliphatic rings. The van der Waals surface area contributed by atoms with Crippen LogP contribution in [0.4, 0.5) is 0 Å². The van der Waals surface area contributed by atoms with Crippen molar-refractivity contribution in [1.82, 2.24) is 0 Å². The van der Waals surface area contributed by atoms with E-state index in [1.807, 2.05) is 0 Å². The summed E-state index contributed by atoms with van der Waals surface area (Å²) in [5.41, 5.74) is 0. The van der Waals surface area contributed by atoms with E-state index in [1.54, 1.807) is 0 Å². The van der Waals surface area contributed by atoms with Crippen molar-refractivity contribution in [2.75, 3.05) is 0 Å². The molecule has 2 unspecified atom stereocenters. The molecular formula is C17H36. The van der Waals surface area contributed by atoms with Gasteiger partial charge in [-0.1, -0.05) is 98.3 Å². The molecule has 0 aromatic heterocycles. The van der Waals surface area contributed by atoms with E-state index in [2.05, 4.69) is 27.7 Å². The molecule has 0 heteroatoms. The van der Waals surface area contributed by atoms with Crippen LogP contribution in [0.5, 0.6) is 0 Å². The van der Waals surface area contributed by atoms with Crippen LogP contribution in [-0.2, 0) is 0 Å². The molecule has 0 saturated carbocycles. The van der Waals surface area contributed by atoms with Gasteiger partial charge in [0, 0.05) is 0 Å². The zero-order valence-corrected chi connectivity index (χ0v) is 12.9. The van der Waals surface area contributed by atoms with Crippen LogP contribution in [0.1, 0.15) is 98.3 Å². The lowest BCUT2D eigenvalue weighted by Crippen LogP contribution is -2.00. The van der Waals surface area contributed by atoms with E-state index in [1.165, 1.54) is 70.6 Å². The zero-order valence-electron chi connectivity index (χ0n) is 12.9. The Morgan fingerprint density at radius 1 is 0.529 bits per heavy atom. The van der Waals surface area contributed by atoms with Gasteiger partial charge in [-0.25, -0.2) is 0 Å². The predicted molar refractivity (Wildman–Crippen MR) is 80.5 cm³/mol. The van der Waals surface area contributed by atoms with Crippen molar-refractivity contribution in [3.05, 3.63) is 0 Å². The Balaban J connectivity index is 3.25. The van der Waals surface area contributed by atoms with E-state index in [0.717, 1.165) is 11.8 Å². The van der Waals surface area contributed by atoms with Crippen molar-refractivity contribution in [1.29, 1.82) is 0 Å². The zero-order chi connectivity index (χ0) is 12.9. The number of hydrogen-bond acceptors (Lipinski definition) is 0. The minimum absolute atomic E-state index is 0.951. The van der Waals surface area contributed by atoms with Crippen molar-refractivity contribution in [3.63, 3.8) is 0 Å². The number of unbranched alkanes of at least 4 members (excludes halogenated alkanes) is 5. The lowest BCUT2D eigenvalue weighted by atomic mass is 9.92. The molecule has 0 radical (unpaired) electrons. The van der Waals surface area contributed by atoms with Gasteiger partial charge in [-0.2, -0.15) is 0 Å². The van der Waals surface area contributed by atoms with Gasteiger partial charge in [0.1, 0.15) is 0 Å². The maximum absolute atomic E-state index is 2.45. The first-order valence-corrected chi connectivity index (χ1v) is 8.20. The summed E-state index contributed by atoms with van der Waals surface area (Å²) in [6.45, 7) is 9.46. The van der Waals surface area contributed by atoms with Crippen molar-refractivity contribution >= 4 is 0 Å². The Kier molecular flexibility index (Phi) is 12.5. The minimum Gasteiger partial charge on any atom is -0.0654 e. The Labute approximate surface area is 111 Å². The summed E-state index contributed by atoms with van der Waals surface area (Å²) in [6.07, 6.45) is 15.8. The summed E-state index contributed by atoms with van der Waals surface area (Å²) in [5, 5.41) is 0. The van der Waals surface area contributed by atoms with Crippen molar-refractivity contribution in [2.24, 2.45) is 11.8 Å². The second kappa shape index (κ2) is 12.5. The summed E-state index contributed by atoms with van der Waals surface area (Å²) in [5.74, 6) is 1.91. The second-order valence-corrected chi connectivity index (χ2v) is 6.13. The SMILES string of the molecule is CCCCCCCCC(C)CCC(C)CCC. The quantitative estimate of drug-likeness (QED) is 0.338. The third kappa shape index (κ3) is 12.2. The lowest BCUT2D eigenvalue weighted by Gasteiger charge is -2.14. The van der Waals surface area contributed by atoms with Gasteiger partial charge in [-0.15, -0.1) is 0 Å². The number of hydrogen-bond donors (Lipinski definition) is 0. The molecule has 104 valence electrons. The van der Waals surface area contributed by atoms with E-state index in [4.69, 9.17) is 0 Å². The molecular weight excluding hydrogens is 204 g/mol. The van der Waals surface area contributed by atoms with Gasteiger partial charge in [0.2, 0.25) is 0 Å². The van der Waals surface area contributed by atoms with Crippen LogP contribution in [0.3, 0.4) is 0 Å². The Hall–Kier alpha value is 0. The predicted octanol–water partition coefficient (Wildman–Crippen LogP) is 6.59. The lowest BCUT2D eigenvalue weighted by molar-refractivity contribution is 0.384. The Morgan fingerprint density at radius 2 is 1.06 bits per heavy atom. The van der Waals surface area contributed by atoms with E-state index in [9.17, 15) is 0 Å². The molecule has 0 bridgehead atoms. The molecule has 2 atom stereocenters. The van der Waals surface area contributed by atoms with Crippen molar-refractivity contribution in [3.8, 4) is 0 Å². The van der Waals surface area contributed by atoms with E-state index in [-0.39, 0.29) is 0 Å². The first kappa shape index (κ1) is 17.0. The topological polar surface area (TPSA) is 0 Å². The molecule has 0 aliphatic carbocycles. The van der Waals surface area contributed by atoms with Crippen molar-refractivity contribution in [2.45, 2.75) is 98.3 Å². The Bertz CT molecular complexity index is 139. The van der Waals surface area contributed by atoms with Gasteiger partial charge in [0.05, 0.1) is 0 Å². The normalized spacial score (nSPS) is 14.8. The smallest absolute Gasteiger partial charge is 0.0443 e. The molecule has 0 N–H and O–H groups in total. The Morgan fingerprint density at radius 3 is 1.65 bits per heavy atom. The summed E-state index contributed by atoms with van der Waals surface area (Å²) in [7, 11) is 0. The standard InChI is InChI=1S/C17H36/c1-5-7-8-9-10-11-13-17(4)15-14-16(3)12-6-2/h16-17H,5-15H2,1-4H3. The van der Waals surface area contributed by atoms with Crippen LogP contribution in [0, 0.1) is 11.8 Å². The largest absolute Gasteiger partial charge is 0.0654 e. The molecule has 0 amide bonds. The molecule has 0 fully saturated rings. The molecule has 0 saturated heterocycles. The maximum Gasteiger partial charge on any atom is -0.0443 e. The van der Waals surface area contributed by atoms with Gasteiger partial charge >= 0.3 is 0 Å². The molecule has 0 spiro atoms. The van der Waals surface area contributed by atoms with Crippen LogP contribution in [0.25, 0.3) is 0 Å². The monoisotopic (exact) mass is 240 g/mol. The van der Waals surface area contributed by atoms with Crippen LogP contribution >= 0.6 is 0 Å². The summed E-state index contributed by atoms with van der Waals surface area (Å²) in [6, 6.07) is 0. The van der Waals surface area contributed by atoms with Crippen LogP contribution in [-0.4, -0.2) is 0 Å². The molecule has 0 aromatic rings. The number of rotatable bonds is 12. The first-order valence-electron chi connectivity index (χ1n) is 8.20. The summed E-state index contributed by atoms with van der Waals surface area (Å²) < 4.78 is 0. The highest BCUT2D eigenvalue weighted by atomic mass is 14.1. The summed E-state index contributed by atoms with van der Waals surface area (Å²) in [4.78, 5) is 0. The van der Waals surface area contributed by atoms with Crippen LogP contribution in [0.2, 0.25) is 0 Å². The van der Waals surface area contributed by atoms with E-state index in [0.29, 0.717) is 0 Å². The van der Waals surface area contributed by atoms with Gasteiger partial charge in [-0.05, 0) is 11.8 Å². The highest BCUT2D eigenvalue weighted by Crippen LogP contribution is 2.20. The highest BCUT2D eigenvalue weighted by molar-refractivity contribution is 4.59. The third-order valence-electron chi connectivity index (χ3n) is 3.98. The second-order valence-electron chi connectivity index (χ2n) is 6.13. The average molecular weight is 240 g/mol. The van der Waals surface area contributed by atoms with Crippen LogP contribution < -0.4 is 0 Å². The van der Waals surface area contributed by atoms with E-state index < -0.39 is 0 Å². The first-order chi connectivity index (χ1) is 8.20. The minimum atomic E-state index is 0.951. The molecule has 0 heterocycles. The fourth-order valence-electron chi connectivity index (χ4n) is 2.62. The summed E-state index contributed by atoms with van der Waals surface area (Å²) >= 11 is 0. The molecule has 0 aliphatic heterocycles. The average Bonchev–Trinajstić information content (AvgIpc) is 2.31. The maximum atomic E-state index is 2.45. The van der Waals surface area contributed by atoms with Gasteiger partial charge in [0.15, 0.2) is 0 Å². The van der Waals surface area contributed by atoms with Crippen LogP contribution in [0.15, 0.2) is 0 Å².